The fourth-order valence-corrected chi connectivity index (χ4v) is 2.09. The Morgan fingerprint density at radius 3 is 2.93 bits per heavy atom. The van der Waals surface area contributed by atoms with Crippen LogP contribution in [-0.4, -0.2) is 10.2 Å². The average molecular weight is 231 g/mol. The highest BCUT2D eigenvalue weighted by molar-refractivity contribution is 7.99. The lowest BCUT2D eigenvalue weighted by molar-refractivity contribution is 0.904. The highest BCUT2D eigenvalue weighted by Crippen LogP contribution is 2.24. The van der Waals surface area contributed by atoms with Crippen LogP contribution in [0.3, 0.4) is 0 Å². The van der Waals surface area contributed by atoms with Crippen molar-refractivity contribution in [1.29, 1.82) is 0 Å². The molecule has 0 bridgehead atoms. The molecule has 1 atom stereocenters. The first-order chi connectivity index (χ1) is 6.63. The number of hydrogen-bond donors (Lipinski definition) is 1. The van der Waals surface area contributed by atoms with E-state index in [0.717, 1.165) is 17.9 Å². The van der Waals surface area contributed by atoms with Gasteiger partial charge in [0.05, 0.1) is 10.7 Å². The Morgan fingerprint density at radius 2 is 2.29 bits per heavy atom. The maximum atomic E-state index is 5.99. The van der Waals surface area contributed by atoms with Gasteiger partial charge in [-0.3, -0.25) is 0 Å². The molecular weight excluding hydrogens is 216 g/mol. The monoisotopic (exact) mass is 230 g/mol. The van der Waals surface area contributed by atoms with Crippen molar-refractivity contribution in [1.82, 2.24) is 4.98 Å². The van der Waals surface area contributed by atoms with Crippen molar-refractivity contribution in [2.24, 2.45) is 0 Å². The minimum Gasteiger partial charge on any atom is -0.384 e. The zero-order valence-electron chi connectivity index (χ0n) is 8.46. The highest BCUT2D eigenvalue weighted by atomic mass is 35.5. The quantitative estimate of drug-likeness (QED) is 0.862. The summed E-state index contributed by atoms with van der Waals surface area (Å²) in [5.41, 5.74) is 6.47. The summed E-state index contributed by atoms with van der Waals surface area (Å²) in [5, 5.41) is 1.34. The van der Waals surface area contributed by atoms with Crippen LogP contribution >= 0.6 is 23.4 Å². The second kappa shape index (κ2) is 5.47. The van der Waals surface area contributed by atoms with Gasteiger partial charge in [-0.05, 0) is 18.6 Å². The summed E-state index contributed by atoms with van der Waals surface area (Å²) < 4.78 is 0. The number of hydrogen-bond acceptors (Lipinski definition) is 3. The predicted molar refractivity (Wildman–Crippen MR) is 64.7 cm³/mol. The lowest BCUT2D eigenvalue weighted by atomic mass is 10.4. The van der Waals surface area contributed by atoms with E-state index in [1.807, 2.05) is 11.8 Å². The number of nitrogen functional groups attached to an aromatic ring is 1. The summed E-state index contributed by atoms with van der Waals surface area (Å²) in [6, 6.07) is 3.52. The number of aromatic nitrogens is 1. The number of rotatable bonds is 4. The normalized spacial score (nSPS) is 12.8. The second-order valence-corrected chi connectivity index (χ2v) is 5.03. The Hall–Kier alpha value is -0.410. The number of pyridine rings is 1. The van der Waals surface area contributed by atoms with Crippen LogP contribution in [0.5, 0.6) is 0 Å². The van der Waals surface area contributed by atoms with Gasteiger partial charge in [0.15, 0.2) is 0 Å². The molecule has 78 valence electrons. The number of thioether (sulfide) groups is 1. The minimum absolute atomic E-state index is 0.536. The Bertz CT molecular complexity index is 304. The molecule has 0 amide bonds. The van der Waals surface area contributed by atoms with Gasteiger partial charge in [0, 0.05) is 11.0 Å². The van der Waals surface area contributed by atoms with E-state index in [2.05, 4.69) is 18.8 Å². The smallest absolute Gasteiger partial charge is 0.123 e. The van der Waals surface area contributed by atoms with E-state index in [4.69, 9.17) is 17.3 Å². The molecule has 1 rings (SSSR count). The largest absolute Gasteiger partial charge is 0.384 e. The van der Waals surface area contributed by atoms with Gasteiger partial charge in [-0.2, -0.15) is 11.8 Å². The van der Waals surface area contributed by atoms with Gasteiger partial charge in [-0.15, -0.1) is 0 Å². The van der Waals surface area contributed by atoms with E-state index >= 15 is 0 Å². The van der Waals surface area contributed by atoms with Crippen LogP contribution < -0.4 is 5.73 Å². The molecule has 1 unspecified atom stereocenters. The summed E-state index contributed by atoms with van der Waals surface area (Å²) >= 11 is 7.84. The molecule has 0 aromatic carbocycles. The molecule has 2 N–H and O–H groups in total. The van der Waals surface area contributed by atoms with E-state index in [-0.39, 0.29) is 0 Å². The second-order valence-electron chi connectivity index (χ2n) is 3.19. The molecule has 2 nitrogen and oxygen atoms in total. The first-order valence-corrected chi connectivity index (χ1v) is 6.08. The van der Waals surface area contributed by atoms with Crippen molar-refractivity contribution < 1.29 is 0 Å². The van der Waals surface area contributed by atoms with Crippen molar-refractivity contribution in [2.45, 2.75) is 31.3 Å². The van der Waals surface area contributed by atoms with Gasteiger partial charge in [0.2, 0.25) is 0 Å². The molecular formula is C10H15ClN2S. The van der Waals surface area contributed by atoms with Crippen molar-refractivity contribution in [2.75, 3.05) is 5.73 Å². The molecule has 0 saturated heterocycles. The van der Waals surface area contributed by atoms with E-state index in [1.54, 1.807) is 12.1 Å². The zero-order valence-corrected chi connectivity index (χ0v) is 10.0. The van der Waals surface area contributed by atoms with Crippen LogP contribution in [-0.2, 0) is 5.75 Å². The van der Waals surface area contributed by atoms with Crippen LogP contribution in [0.1, 0.15) is 26.0 Å². The van der Waals surface area contributed by atoms with Crippen LogP contribution in [0, 0.1) is 0 Å². The van der Waals surface area contributed by atoms with Gasteiger partial charge in [0.25, 0.3) is 0 Å². The molecule has 0 radical (unpaired) electrons. The highest BCUT2D eigenvalue weighted by Gasteiger charge is 2.05. The van der Waals surface area contributed by atoms with Crippen LogP contribution in [0.25, 0.3) is 0 Å². The van der Waals surface area contributed by atoms with Crippen molar-refractivity contribution in [3.05, 3.63) is 22.8 Å². The maximum Gasteiger partial charge on any atom is 0.123 e. The van der Waals surface area contributed by atoms with Gasteiger partial charge in [-0.25, -0.2) is 4.98 Å². The Morgan fingerprint density at radius 1 is 1.57 bits per heavy atom. The minimum atomic E-state index is 0.536. The molecule has 4 heteroatoms. The van der Waals surface area contributed by atoms with E-state index in [1.165, 1.54) is 0 Å². The lowest BCUT2D eigenvalue weighted by Gasteiger charge is -2.08. The van der Waals surface area contributed by atoms with Gasteiger partial charge < -0.3 is 5.73 Å². The lowest BCUT2D eigenvalue weighted by Crippen LogP contribution is -1.98. The van der Waals surface area contributed by atoms with Crippen LogP contribution in [0.2, 0.25) is 5.02 Å². The molecule has 1 aromatic rings. The Labute approximate surface area is 94.2 Å². The average Bonchev–Trinajstić information content (AvgIpc) is 2.19. The molecule has 0 aliphatic rings. The third kappa shape index (κ3) is 3.39. The summed E-state index contributed by atoms with van der Waals surface area (Å²) in [4.78, 5) is 4.20. The predicted octanol–water partition coefficient (Wildman–Crippen LogP) is 3.35. The topological polar surface area (TPSA) is 38.9 Å². The van der Waals surface area contributed by atoms with Gasteiger partial charge in [0.1, 0.15) is 5.82 Å². The summed E-state index contributed by atoms with van der Waals surface area (Å²) in [6.07, 6.45) is 1.16. The molecule has 14 heavy (non-hydrogen) atoms. The number of anilines is 1. The number of nitrogens with zero attached hydrogens (tertiary/aromatic N) is 1. The van der Waals surface area contributed by atoms with E-state index < -0.39 is 0 Å². The van der Waals surface area contributed by atoms with Crippen LogP contribution in [0.15, 0.2) is 12.1 Å². The zero-order chi connectivity index (χ0) is 10.6. The Balaban J connectivity index is 2.62. The number of nitrogens with two attached hydrogens (primary N) is 1. The summed E-state index contributed by atoms with van der Waals surface area (Å²) in [5.74, 6) is 1.37. The summed E-state index contributed by atoms with van der Waals surface area (Å²) in [7, 11) is 0. The molecule has 0 saturated carbocycles. The van der Waals surface area contributed by atoms with Gasteiger partial charge >= 0.3 is 0 Å². The Kier molecular flexibility index (Phi) is 4.55. The molecule has 1 heterocycles. The van der Waals surface area contributed by atoms with E-state index in [0.29, 0.717) is 16.1 Å². The van der Waals surface area contributed by atoms with Crippen molar-refractivity contribution >= 4 is 29.2 Å². The number of halogens is 1. The van der Waals surface area contributed by atoms with Gasteiger partial charge in [-0.1, -0.05) is 25.4 Å². The summed E-state index contributed by atoms with van der Waals surface area (Å²) in [6.45, 7) is 4.37. The fraction of sp³-hybridized carbons (Fsp3) is 0.500. The maximum absolute atomic E-state index is 5.99. The van der Waals surface area contributed by atoms with Crippen LogP contribution in [0.4, 0.5) is 5.82 Å². The third-order valence-electron chi connectivity index (χ3n) is 2.02. The molecule has 0 aliphatic carbocycles. The molecule has 0 spiro atoms. The first-order valence-electron chi connectivity index (χ1n) is 4.66. The molecule has 0 fully saturated rings. The fourth-order valence-electron chi connectivity index (χ4n) is 0.942. The van der Waals surface area contributed by atoms with Crippen molar-refractivity contribution in [3.8, 4) is 0 Å². The standard InChI is InChI=1S/C10H15ClN2S/c1-3-7(2)14-6-9-8(11)4-5-10(12)13-9/h4-5,7H,3,6H2,1-2H3,(H2,12,13). The molecule has 1 aromatic heterocycles. The molecule has 0 aliphatic heterocycles. The van der Waals surface area contributed by atoms with Crippen molar-refractivity contribution in [3.63, 3.8) is 0 Å². The van der Waals surface area contributed by atoms with E-state index in [9.17, 15) is 0 Å². The first kappa shape index (κ1) is 11.7. The third-order valence-corrected chi connectivity index (χ3v) is 3.71. The SMILES string of the molecule is CCC(C)SCc1nc(N)ccc1Cl.